The van der Waals surface area contributed by atoms with Crippen molar-refractivity contribution in [2.24, 2.45) is 57.2 Å². The summed E-state index contributed by atoms with van der Waals surface area (Å²) < 4.78 is 0. The van der Waals surface area contributed by atoms with Gasteiger partial charge in [-0.25, -0.2) is 0 Å². The second-order valence-electron chi connectivity index (χ2n) is 17.7. The number of ketones is 3. The van der Waals surface area contributed by atoms with Crippen LogP contribution in [0.2, 0.25) is 0 Å². The number of halogens is 3. The van der Waals surface area contributed by atoms with Crippen LogP contribution in [0.4, 0.5) is 0 Å². The maximum atomic E-state index is 12.5. The minimum absolute atomic E-state index is 0. The second kappa shape index (κ2) is 15.7. The molecular weight excluding hydrogens is 961 g/mol. The van der Waals surface area contributed by atoms with Crippen LogP contribution in [0.15, 0.2) is 46.6 Å². The Morgan fingerprint density at radius 1 is 0.680 bits per heavy atom. The van der Waals surface area contributed by atoms with E-state index in [9.17, 15) is 19.5 Å². The molecule has 280 valence electrons. The molecule has 0 aromatic rings. The Labute approximate surface area is 333 Å². The van der Waals surface area contributed by atoms with E-state index in [1.165, 1.54) is 48.8 Å². The molecule has 0 bridgehead atoms. The molecule has 6 fully saturated rings. The SMILES string of the molecule is C.C/C=C1/C(=O)CC2C3CCC4=CC(=O)CC[C@]4(C)C3CC[C@]12C.C/C=C1/[C@H](O)CC2C3CCC4=CC(=O)CC[C@]4(C)C3CC[C@]12C.I[I-]I. The number of rotatable bonds is 0. The first-order chi connectivity index (χ1) is 23.2. The van der Waals surface area contributed by atoms with Gasteiger partial charge in [0.15, 0.2) is 17.3 Å². The molecule has 0 radical (unpaired) electrons. The molecule has 0 amide bonds. The third-order valence-corrected chi connectivity index (χ3v) is 16.1. The minimum atomic E-state index is -0.230. The fraction of sp³-hybridized carbons (Fsp3) is 0.744. The van der Waals surface area contributed by atoms with E-state index >= 15 is 0 Å². The molecule has 50 heavy (non-hydrogen) atoms. The first-order valence-corrected chi connectivity index (χ1v) is 31.7. The van der Waals surface area contributed by atoms with E-state index in [1.807, 2.05) is 19.1 Å². The van der Waals surface area contributed by atoms with Crippen molar-refractivity contribution in [3.63, 3.8) is 0 Å². The van der Waals surface area contributed by atoms with Gasteiger partial charge in [0.1, 0.15) is 0 Å². The van der Waals surface area contributed by atoms with Crippen molar-refractivity contribution in [1.82, 2.24) is 0 Å². The normalized spacial score (nSPS) is 45.9. The third-order valence-electron chi connectivity index (χ3n) is 16.1. The van der Waals surface area contributed by atoms with Gasteiger partial charge in [0.05, 0.1) is 6.10 Å². The molecular formula is C43H62I3O4-. The Morgan fingerprint density at radius 3 is 1.64 bits per heavy atom. The van der Waals surface area contributed by atoms with E-state index in [1.54, 1.807) is 0 Å². The van der Waals surface area contributed by atoms with E-state index < -0.39 is 0 Å². The summed E-state index contributed by atoms with van der Waals surface area (Å²) in [5.41, 5.74) is 6.00. The summed E-state index contributed by atoms with van der Waals surface area (Å²) in [4.78, 5) is 36.2. The zero-order valence-corrected chi connectivity index (χ0v) is 37.0. The molecule has 0 aromatic heterocycles. The van der Waals surface area contributed by atoms with Crippen LogP contribution in [-0.4, -0.2) is 28.6 Å². The van der Waals surface area contributed by atoms with Gasteiger partial charge in [-0.2, -0.15) is 0 Å². The summed E-state index contributed by atoms with van der Waals surface area (Å²) >= 11 is 5.30. The molecule has 0 aromatic carbocycles. The summed E-state index contributed by atoms with van der Waals surface area (Å²) in [6.07, 6.45) is 22.5. The van der Waals surface area contributed by atoms with E-state index in [-0.39, 0.29) is 35.2 Å². The predicted molar refractivity (Wildman–Crippen MR) is 217 cm³/mol. The first-order valence-electron chi connectivity index (χ1n) is 19.1. The van der Waals surface area contributed by atoms with Gasteiger partial charge in [0.25, 0.3) is 0 Å². The predicted octanol–water partition coefficient (Wildman–Crippen LogP) is 8.49. The molecule has 0 aliphatic heterocycles. The average Bonchev–Trinajstić information content (AvgIpc) is 3.48. The number of aliphatic hydroxyl groups excluding tert-OH is 1. The van der Waals surface area contributed by atoms with Gasteiger partial charge < -0.3 is 5.11 Å². The van der Waals surface area contributed by atoms with Gasteiger partial charge in [0.2, 0.25) is 0 Å². The molecule has 4 nitrogen and oxygen atoms in total. The molecule has 6 unspecified atom stereocenters. The zero-order valence-electron chi connectivity index (χ0n) is 30.6. The number of hydrogen-bond acceptors (Lipinski definition) is 4. The van der Waals surface area contributed by atoms with Gasteiger partial charge in [-0.3, -0.25) is 14.4 Å². The van der Waals surface area contributed by atoms with Crippen LogP contribution >= 0.6 is 37.2 Å². The zero-order chi connectivity index (χ0) is 35.5. The quantitative estimate of drug-likeness (QED) is 0.150. The molecule has 0 saturated heterocycles. The van der Waals surface area contributed by atoms with Crippen molar-refractivity contribution in [1.29, 1.82) is 0 Å². The fourth-order valence-electron chi connectivity index (χ4n) is 13.7. The summed E-state index contributed by atoms with van der Waals surface area (Å²) in [7, 11) is 0. The number of allylic oxidation sites excluding steroid dienone is 5. The van der Waals surface area contributed by atoms with Crippen molar-refractivity contribution in [2.45, 2.75) is 145 Å². The molecule has 6 saturated carbocycles. The van der Waals surface area contributed by atoms with Gasteiger partial charge in [-0.1, -0.05) is 58.4 Å². The Bertz CT molecular complexity index is 1490. The van der Waals surface area contributed by atoms with Crippen molar-refractivity contribution in [2.75, 3.05) is 0 Å². The van der Waals surface area contributed by atoms with Crippen molar-refractivity contribution in [3.8, 4) is 0 Å². The van der Waals surface area contributed by atoms with Crippen LogP contribution < -0.4 is 13.3 Å². The van der Waals surface area contributed by atoms with Crippen LogP contribution in [0.1, 0.15) is 139 Å². The van der Waals surface area contributed by atoms with Gasteiger partial charge in [0, 0.05) is 19.3 Å². The molecule has 1 N–H and O–H groups in total. The molecule has 8 aliphatic rings. The topological polar surface area (TPSA) is 71.4 Å². The van der Waals surface area contributed by atoms with Crippen molar-refractivity contribution >= 4 is 54.6 Å². The number of carbonyl (C=O) groups is 3. The number of Topliss-reactive ketones (excluding diaryl/α,β-unsaturated/α-hetero) is 1. The summed E-state index contributed by atoms with van der Waals surface area (Å²) in [5, 5.41) is 10.6. The standard InChI is InChI=1S/C21H30O2.C21H28O2.CH4.I3/c2*1-4-16-19(23)12-18-15-6-5-13-11-14(22)7-9-20(13,2)17(15)8-10-21(16,18)3;;1-3-2/h4,11,15,17-19,23H,5-10,12H2,1-3H3;4,11,15,17-18H,5-10,12H2,1-3H3;1H4;/q;;;-1/b2*16-4-;;/t15?,17?,18?,19-,20+,21-;15?,17?,18?,20-,21+;;/m10../s1. The second-order valence-corrected chi connectivity index (χ2v) is 34.0. The molecule has 8 rings (SSSR count). The Hall–Kier alpha value is 0.120. The van der Waals surface area contributed by atoms with Crippen LogP contribution in [0, 0.1) is 57.2 Å². The Morgan fingerprint density at radius 2 is 1.16 bits per heavy atom. The monoisotopic (exact) mass is 1020 g/mol. The van der Waals surface area contributed by atoms with Crippen molar-refractivity contribution in [3.05, 3.63) is 46.6 Å². The number of fused-ring (bicyclic) bond motifs is 10. The number of carbonyl (C=O) groups excluding carboxylic acids is 3. The summed E-state index contributed by atoms with van der Waals surface area (Å²) in [6, 6.07) is 0. The molecule has 0 spiro atoms. The van der Waals surface area contributed by atoms with Gasteiger partial charge in [-0.05, 0) is 165 Å². The fourth-order valence-corrected chi connectivity index (χ4v) is 13.7. The van der Waals surface area contributed by atoms with E-state index in [4.69, 9.17) is 0 Å². The molecule has 0 heterocycles. The van der Waals surface area contributed by atoms with Crippen LogP contribution in [0.3, 0.4) is 0 Å². The molecule has 8 aliphatic carbocycles. The van der Waals surface area contributed by atoms with E-state index in [2.05, 4.69) is 84.0 Å². The summed E-state index contributed by atoms with van der Waals surface area (Å²) in [5.74, 6) is 4.95. The van der Waals surface area contributed by atoms with E-state index in [0.717, 1.165) is 62.9 Å². The van der Waals surface area contributed by atoms with Crippen LogP contribution in [0.5, 0.6) is 0 Å². The number of hydrogen-bond donors (Lipinski definition) is 1. The molecule has 7 heteroatoms. The van der Waals surface area contributed by atoms with Crippen LogP contribution in [0.25, 0.3) is 0 Å². The van der Waals surface area contributed by atoms with E-state index in [0.29, 0.717) is 66.6 Å². The molecule has 11 atom stereocenters. The maximum absolute atomic E-state index is 12.5. The average molecular weight is 1020 g/mol. The van der Waals surface area contributed by atoms with Gasteiger partial charge in [-0.15, -0.1) is 0 Å². The Kier molecular flexibility index (Phi) is 13.0. The Balaban J connectivity index is 0.000000177. The third kappa shape index (κ3) is 6.72. The number of aliphatic hydroxyl groups is 1. The van der Waals surface area contributed by atoms with Gasteiger partial charge >= 0.3 is 50.5 Å². The summed E-state index contributed by atoms with van der Waals surface area (Å²) in [6.45, 7) is 13.7. The van der Waals surface area contributed by atoms with Crippen molar-refractivity contribution < 1.29 is 32.7 Å². The van der Waals surface area contributed by atoms with Crippen LogP contribution in [-0.2, 0) is 14.4 Å². The first kappa shape index (κ1) is 41.3.